The van der Waals surface area contributed by atoms with E-state index in [1.165, 1.54) is 19.3 Å². The zero-order valence-corrected chi connectivity index (χ0v) is 12.5. The summed E-state index contributed by atoms with van der Waals surface area (Å²) in [6, 6.07) is 7.50. The number of halogens is 1. The summed E-state index contributed by atoms with van der Waals surface area (Å²) in [5.74, 6) is 0.968. The molecule has 1 aromatic carbocycles. The van der Waals surface area contributed by atoms with E-state index in [1.807, 2.05) is 24.3 Å². The van der Waals surface area contributed by atoms with E-state index in [-0.39, 0.29) is 16.9 Å². The first-order valence-electron chi connectivity index (χ1n) is 7.23. The van der Waals surface area contributed by atoms with Gasteiger partial charge in [-0.15, -0.1) is 11.6 Å². The Bertz CT molecular complexity index is 683. The molecule has 0 atom stereocenters. The first-order chi connectivity index (χ1) is 9.69. The molecule has 0 radical (unpaired) electrons. The first kappa shape index (κ1) is 13.6. The topological polar surface area (TPSA) is 34.9 Å². The van der Waals surface area contributed by atoms with Crippen molar-refractivity contribution >= 4 is 22.5 Å². The normalized spacial score (nSPS) is 17.1. The van der Waals surface area contributed by atoms with Crippen LogP contribution < -0.4 is 5.56 Å². The number of para-hydroxylation sites is 1. The van der Waals surface area contributed by atoms with E-state index in [2.05, 4.69) is 11.9 Å². The second kappa shape index (κ2) is 5.21. The van der Waals surface area contributed by atoms with Crippen LogP contribution in [0.1, 0.15) is 38.4 Å². The van der Waals surface area contributed by atoms with Crippen LogP contribution in [0.3, 0.4) is 0 Å². The summed E-state index contributed by atoms with van der Waals surface area (Å²) in [5.41, 5.74) is 1.06. The van der Waals surface area contributed by atoms with E-state index >= 15 is 0 Å². The molecule has 2 aromatic rings. The third-order valence-corrected chi connectivity index (χ3v) is 4.96. The van der Waals surface area contributed by atoms with Gasteiger partial charge in [0.05, 0.1) is 16.8 Å². The summed E-state index contributed by atoms with van der Waals surface area (Å²) >= 11 is 6.02. The van der Waals surface area contributed by atoms with Crippen LogP contribution in [0.25, 0.3) is 10.9 Å². The van der Waals surface area contributed by atoms with Gasteiger partial charge < -0.3 is 0 Å². The monoisotopic (exact) mass is 290 g/mol. The lowest BCUT2D eigenvalue weighted by atomic mass is 9.67. The van der Waals surface area contributed by atoms with Gasteiger partial charge in [0.15, 0.2) is 0 Å². The number of benzene rings is 1. The van der Waals surface area contributed by atoms with Crippen LogP contribution in [0.4, 0.5) is 0 Å². The Morgan fingerprint density at radius 3 is 2.70 bits per heavy atom. The Morgan fingerprint density at radius 2 is 2.10 bits per heavy atom. The Hall–Kier alpha value is -1.35. The SMILES string of the molecule is CCC1(Cn2c(CCl)nc3ccccc3c2=O)CCC1. The summed E-state index contributed by atoms with van der Waals surface area (Å²) in [6.07, 6.45) is 4.77. The van der Waals surface area contributed by atoms with Gasteiger partial charge in [-0.05, 0) is 36.8 Å². The smallest absolute Gasteiger partial charge is 0.261 e. The van der Waals surface area contributed by atoms with Crippen LogP contribution in [0, 0.1) is 5.41 Å². The minimum Gasteiger partial charge on any atom is -0.295 e. The van der Waals surface area contributed by atoms with Crippen LogP contribution in [0.2, 0.25) is 0 Å². The molecule has 1 fully saturated rings. The predicted octanol–water partition coefficient (Wildman–Crippen LogP) is 3.72. The first-order valence-corrected chi connectivity index (χ1v) is 7.77. The summed E-state index contributed by atoms with van der Waals surface area (Å²) in [6.45, 7) is 2.96. The molecular formula is C16H19ClN2O. The molecule has 3 rings (SSSR count). The molecule has 1 aliphatic rings. The highest BCUT2D eigenvalue weighted by Gasteiger charge is 2.36. The maximum atomic E-state index is 12.7. The van der Waals surface area contributed by atoms with Gasteiger partial charge in [0.25, 0.3) is 5.56 Å². The molecule has 0 aliphatic heterocycles. The van der Waals surface area contributed by atoms with Crippen LogP contribution in [0.15, 0.2) is 29.1 Å². The maximum Gasteiger partial charge on any atom is 0.261 e. The third kappa shape index (κ3) is 2.14. The van der Waals surface area contributed by atoms with Crippen molar-refractivity contribution in [2.45, 2.75) is 45.0 Å². The van der Waals surface area contributed by atoms with Crippen LogP contribution >= 0.6 is 11.6 Å². The number of rotatable bonds is 4. The fourth-order valence-corrected chi connectivity index (χ4v) is 3.32. The molecule has 0 bridgehead atoms. The standard InChI is InChI=1S/C16H19ClN2O/c1-2-16(8-5-9-16)11-19-14(10-17)18-13-7-4-3-6-12(13)15(19)20/h3-4,6-7H,2,5,8-11H2,1H3. The lowest BCUT2D eigenvalue weighted by Crippen LogP contribution is -2.38. The number of alkyl halides is 1. The van der Waals surface area contributed by atoms with Gasteiger partial charge >= 0.3 is 0 Å². The Balaban J connectivity index is 2.13. The second-order valence-corrected chi connectivity index (χ2v) is 6.04. The van der Waals surface area contributed by atoms with Crippen molar-refractivity contribution in [2.75, 3.05) is 0 Å². The van der Waals surface area contributed by atoms with Crippen molar-refractivity contribution in [3.63, 3.8) is 0 Å². The molecule has 0 amide bonds. The van der Waals surface area contributed by atoms with E-state index in [0.717, 1.165) is 18.5 Å². The second-order valence-electron chi connectivity index (χ2n) is 5.78. The van der Waals surface area contributed by atoms with Crippen LogP contribution in [-0.4, -0.2) is 9.55 Å². The number of nitrogens with zero attached hydrogens (tertiary/aromatic N) is 2. The average Bonchev–Trinajstić information content (AvgIpc) is 2.44. The van der Waals surface area contributed by atoms with Crippen molar-refractivity contribution in [3.05, 3.63) is 40.4 Å². The molecule has 0 N–H and O–H groups in total. The summed E-state index contributed by atoms with van der Waals surface area (Å²) in [4.78, 5) is 17.3. The predicted molar refractivity (Wildman–Crippen MR) is 82.1 cm³/mol. The van der Waals surface area contributed by atoms with Crippen LogP contribution in [-0.2, 0) is 12.4 Å². The molecule has 1 aliphatic carbocycles. The molecule has 4 heteroatoms. The lowest BCUT2D eigenvalue weighted by molar-refractivity contribution is 0.0975. The van der Waals surface area contributed by atoms with Crippen molar-refractivity contribution < 1.29 is 0 Å². The van der Waals surface area contributed by atoms with Crippen molar-refractivity contribution in [3.8, 4) is 0 Å². The van der Waals surface area contributed by atoms with Gasteiger partial charge in [-0.1, -0.05) is 25.5 Å². The zero-order valence-electron chi connectivity index (χ0n) is 11.7. The summed E-state index contributed by atoms with van der Waals surface area (Å²) < 4.78 is 1.80. The molecule has 0 saturated heterocycles. The van der Waals surface area contributed by atoms with Crippen molar-refractivity contribution in [1.82, 2.24) is 9.55 Å². The lowest BCUT2D eigenvalue weighted by Gasteiger charge is -2.42. The molecular weight excluding hydrogens is 272 g/mol. The fourth-order valence-electron chi connectivity index (χ4n) is 3.11. The van der Waals surface area contributed by atoms with Gasteiger partial charge in [-0.25, -0.2) is 4.98 Å². The Kier molecular flexibility index (Phi) is 3.55. The quantitative estimate of drug-likeness (QED) is 0.805. The zero-order chi connectivity index (χ0) is 14.2. The minimum atomic E-state index is 0.0472. The van der Waals surface area contributed by atoms with Gasteiger partial charge in [0.1, 0.15) is 5.82 Å². The molecule has 0 unspecified atom stereocenters. The van der Waals surface area contributed by atoms with Gasteiger partial charge in [0.2, 0.25) is 0 Å². The molecule has 1 aromatic heterocycles. The van der Waals surface area contributed by atoms with E-state index in [9.17, 15) is 4.79 Å². The number of fused-ring (bicyclic) bond motifs is 1. The van der Waals surface area contributed by atoms with E-state index in [4.69, 9.17) is 11.6 Å². The highest BCUT2D eigenvalue weighted by atomic mass is 35.5. The summed E-state index contributed by atoms with van der Waals surface area (Å²) in [5, 5.41) is 0.687. The maximum absolute atomic E-state index is 12.7. The highest BCUT2D eigenvalue weighted by molar-refractivity contribution is 6.16. The molecule has 3 nitrogen and oxygen atoms in total. The average molecular weight is 291 g/mol. The molecule has 106 valence electrons. The Morgan fingerprint density at radius 1 is 1.35 bits per heavy atom. The van der Waals surface area contributed by atoms with Crippen LogP contribution in [0.5, 0.6) is 0 Å². The Labute approximate surface area is 123 Å². The third-order valence-electron chi connectivity index (χ3n) is 4.72. The largest absolute Gasteiger partial charge is 0.295 e. The van der Waals surface area contributed by atoms with E-state index < -0.39 is 0 Å². The highest BCUT2D eigenvalue weighted by Crippen LogP contribution is 2.45. The summed E-state index contributed by atoms with van der Waals surface area (Å²) in [7, 11) is 0. The number of hydrogen-bond acceptors (Lipinski definition) is 2. The van der Waals surface area contributed by atoms with Crippen molar-refractivity contribution in [1.29, 1.82) is 0 Å². The minimum absolute atomic E-state index is 0.0472. The van der Waals surface area contributed by atoms with E-state index in [0.29, 0.717) is 11.2 Å². The van der Waals surface area contributed by atoms with Gasteiger partial charge in [-0.3, -0.25) is 9.36 Å². The fraction of sp³-hybridized carbons (Fsp3) is 0.500. The number of aromatic nitrogens is 2. The van der Waals surface area contributed by atoms with Crippen molar-refractivity contribution in [2.24, 2.45) is 5.41 Å². The van der Waals surface area contributed by atoms with Gasteiger partial charge in [0, 0.05) is 6.54 Å². The molecule has 1 saturated carbocycles. The number of hydrogen-bond donors (Lipinski definition) is 0. The van der Waals surface area contributed by atoms with Gasteiger partial charge in [-0.2, -0.15) is 0 Å². The molecule has 20 heavy (non-hydrogen) atoms. The molecule has 0 spiro atoms. The molecule has 1 heterocycles. The van der Waals surface area contributed by atoms with E-state index in [1.54, 1.807) is 4.57 Å².